The highest BCUT2D eigenvalue weighted by molar-refractivity contribution is 5.22. The average Bonchev–Trinajstić information content (AvgIpc) is 2.28. The van der Waals surface area contributed by atoms with Crippen LogP contribution >= 0.6 is 0 Å². The normalized spacial score (nSPS) is 16.2. The van der Waals surface area contributed by atoms with Crippen LogP contribution in [0.15, 0.2) is 24.3 Å². The minimum atomic E-state index is 0.247. The summed E-state index contributed by atoms with van der Waals surface area (Å²) >= 11 is 0. The van der Waals surface area contributed by atoms with Gasteiger partial charge in [0.15, 0.2) is 0 Å². The molecule has 3 nitrogen and oxygen atoms in total. The smallest absolute Gasteiger partial charge is 0.0558 e. The topological polar surface area (TPSA) is 49.5 Å². The Hall–Kier alpha value is -0.900. The Morgan fingerprint density at radius 1 is 1.18 bits per heavy atom. The van der Waals surface area contributed by atoms with E-state index in [1.165, 1.54) is 30.4 Å². The average molecular weight is 234 g/mol. The minimum Gasteiger partial charge on any atom is -0.395 e. The van der Waals surface area contributed by atoms with Crippen molar-refractivity contribution in [3.05, 3.63) is 35.4 Å². The van der Waals surface area contributed by atoms with Crippen molar-refractivity contribution in [2.24, 2.45) is 5.73 Å². The number of nitrogens with two attached hydrogens (primary N) is 1. The Balaban J connectivity index is 1.95. The van der Waals surface area contributed by atoms with Gasteiger partial charge in [0.1, 0.15) is 0 Å². The van der Waals surface area contributed by atoms with Gasteiger partial charge in [0.05, 0.1) is 6.61 Å². The second-order valence-electron chi connectivity index (χ2n) is 4.80. The second-order valence-corrected chi connectivity index (χ2v) is 4.80. The van der Waals surface area contributed by atoms with E-state index in [0.29, 0.717) is 12.6 Å². The van der Waals surface area contributed by atoms with Crippen LogP contribution in [0.1, 0.15) is 30.4 Å². The molecule has 1 aliphatic carbocycles. The lowest BCUT2D eigenvalue weighted by atomic mass is 9.91. The van der Waals surface area contributed by atoms with Crippen molar-refractivity contribution in [2.45, 2.75) is 38.4 Å². The Morgan fingerprint density at radius 3 is 2.29 bits per heavy atom. The summed E-state index contributed by atoms with van der Waals surface area (Å²) in [5.74, 6) is 0. The first-order valence-corrected chi connectivity index (χ1v) is 6.46. The van der Waals surface area contributed by atoms with E-state index in [4.69, 9.17) is 10.8 Å². The first-order valence-electron chi connectivity index (χ1n) is 6.46. The number of rotatable bonds is 6. The van der Waals surface area contributed by atoms with Crippen LogP contribution in [0.5, 0.6) is 0 Å². The summed E-state index contributed by atoms with van der Waals surface area (Å²) in [6.07, 6.45) is 3.89. The second kappa shape index (κ2) is 6.15. The van der Waals surface area contributed by atoms with Crippen LogP contribution in [-0.4, -0.2) is 29.2 Å². The number of nitrogens with zero attached hydrogens (tertiary/aromatic N) is 1. The SMILES string of the molecule is NCc1ccc(CN(CCO)C2CCC2)cc1. The number of aliphatic hydroxyl groups excluding tert-OH is 1. The van der Waals surface area contributed by atoms with Gasteiger partial charge in [-0.15, -0.1) is 0 Å². The Kier molecular flexibility index (Phi) is 4.54. The highest BCUT2D eigenvalue weighted by atomic mass is 16.3. The van der Waals surface area contributed by atoms with Crippen LogP contribution in [0.2, 0.25) is 0 Å². The highest BCUT2D eigenvalue weighted by Crippen LogP contribution is 2.25. The third-order valence-electron chi connectivity index (χ3n) is 3.62. The van der Waals surface area contributed by atoms with Crippen LogP contribution in [0, 0.1) is 0 Å². The molecule has 2 rings (SSSR count). The van der Waals surface area contributed by atoms with Gasteiger partial charge in [0, 0.05) is 25.7 Å². The fourth-order valence-corrected chi connectivity index (χ4v) is 2.29. The van der Waals surface area contributed by atoms with Gasteiger partial charge in [-0.3, -0.25) is 4.90 Å². The molecule has 1 aliphatic rings. The molecule has 3 heteroatoms. The molecule has 0 heterocycles. The number of hydrogen-bond donors (Lipinski definition) is 2. The molecule has 94 valence electrons. The lowest BCUT2D eigenvalue weighted by molar-refractivity contribution is 0.0945. The third kappa shape index (κ3) is 3.28. The lowest BCUT2D eigenvalue weighted by Crippen LogP contribution is -2.41. The molecule has 0 aliphatic heterocycles. The van der Waals surface area contributed by atoms with Gasteiger partial charge in [0.25, 0.3) is 0 Å². The summed E-state index contributed by atoms with van der Waals surface area (Å²) in [5, 5.41) is 9.11. The molecule has 1 saturated carbocycles. The quantitative estimate of drug-likeness (QED) is 0.784. The first kappa shape index (κ1) is 12.6. The molecule has 1 fully saturated rings. The van der Waals surface area contributed by atoms with Crippen molar-refractivity contribution in [2.75, 3.05) is 13.2 Å². The van der Waals surface area contributed by atoms with Gasteiger partial charge in [-0.2, -0.15) is 0 Å². The first-order chi connectivity index (χ1) is 8.33. The fraction of sp³-hybridized carbons (Fsp3) is 0.571. The standard InChI is InChI=1S/C14H22N2O/c15-10-12-4-6-13(7-5-12)11-16(8-9-17)14-2-1-3-14/h4-7,14,17H,1-3,8-11,15H2. The van der Waals surface area contributed by atoms with E-state index in [1.54, 1.807) is 0 Å². The molecule has 0 unspecified atom stereocenters. The molecule has 1 aromatic carbocycles. The molecule has 0 bridgehead atoms. The zero-order valence-electron chi connectivity index (χ0n) is 10.3. The summed E-state index contributed by atoms with van der Waals surface area (Å²) in [7, 11) is 0. The third-order valence-corrected chi connectivity index (χ3v) is 3.62. The molecule has 0 radical (unpaired) electrons. The van der Waals surface area contributed by atoms with Crippen molar-refractivity contribution < 1.29 is 5.11 Å². The molecular weight excluding hydrogens is 212 g/mol. The zero-order chi connectivity index (χ0) is 12.1. The maximum atomic E-state index is 9.11. The molecule has 0 spiro atoms. The summed E-state index contributed by atoms with van der Waals surface area (Å²) in [6, 6.07) is 9.15. The van der Waals surface area contributed by atoms with Crippen LogP contribution < -0.4 is 5.73 Å². The Bertz CT molecular complexity index is 333. The van der Waals surface area contributed by atoms with E-state index in [9.17, 15) is 0 Å². The van der Waals surface area contributed by atoms with Crippen molar-refractivity contribution in [1.82, 2.24) is 4.90 Å². The zero-order valence-corrected chi connectivity index (χ0v) is 10.3. The van der Waals surface area contributed by atoms with Gasteiger partial charge in [-0.25, -0.2) is 0 Å². The van der Waals surface area contributed by atoms with Gasteiger partial charge in [-0.05, 0) is 24.0 Å². The summed E-state index contributed by atoms with van der Waals surface area (Å²) in [4.78, 5) is 2.39. The summed E-state index contributed by atoms with van der Waals surface area (Å²) in [6.45, 7) is 2.57. The van der Waals surface area contributed by atoms with Crippen LogP contribution in [-0.2, 0) is 13.1 Å². The van der Waals surface area contributed by atoms with Crippen molar-refractivity contribution in [1.29, 1.82) is 0 Å². The predicted molar refractivity (Wildman–Crippen MR) is 69.5 cm³/mol. The van der Waals surface area contributed by atoms with Gasteiger partial charge in [-0.1, -0.05) is 30.7 Å². The molecule has 0 atom stereocenters. The molecular formula is C14H22N2O. The molecule has 3 N–H and O–H groups in total. The van der Waals surface area contributed by atoms with E-state index in [-0.39, 0.29) is 6.61 Å². The van der Waals surface area contributed by atoms with E-state index in [1.807, 2.05) is 0 Å². The van der Waals surface area contributed by atoms with Crippen LogP contribution in [0.25, 0.3) is 0 Å². The minimum absolute atomic E-state index is 0.247. The van der Waals surface area contributed by atoms with Crippen molar-refractivity contribution in [3.63, 3.8) is 0 Å². The van der Waals surface area contributed by atoms with E-state index < -0.39 is 0 Å². The van der Waals surface area contributed by atoms with Crippen molar-refractivity contribution >= 4 is 0 Å². The number of aliphatic hydroxyl groups is 1. The monoisotopic (exact) mass is 234 g/mol. The molecule has 0 aromatic heterocycles. The van der Waals surface area contributed by atoms with Crippen LogP contribution in [0.4, 0.5) is 0 Å². The van der Waals surface area contributed by atoms with Crippen LogP contribution in [0.3, 0.4) is 0 Å². The highest BCUT2D eigenvalue weighted by Gasteiger charge is 2.24. The van der Waals surface area contributed by atoms with E-state index >= 15 is 0 Å². The van der Waals surface area contributed by atoms with E-state index in [0.717, 1.165) is 13.1 Å². The van der Waals surface area contributed by atoms with E-state index in [2.05, 4.69) is 29.2 Å². The number of hydrogen-bond acceptors (Lipinski definition) is 3. The predicted octanol–water partition coefficient (Wildman–Crippen LogP) is 1.49. The molecule has 17 heavy (non-hydrogen) atoms. The molecule has 1 aromatic rings. The maximum Gasteiger partial charge on any atom is 0.0558 e. The fourth-order valence-electron chi connectivity index (χ4n) is 2.29. The largest absolute Gasteiger partial charge is 0.395 e. The summed E-state index contributed by atoms with van der Waals surface area (Å²) < 4.78 is 0. The Labute approximate surface area is 103 Å². The van der Waals surface area contributed by atoms with Crippen molar-refractivity contribution in [3.8, 4) is 0 Å². The lowest BCUT2D eigenvalue weighted by Gasteiger charge is -2.37. The van der Waals surface area contributed by atoms with Gasteiger partial charge < -0.3 is 10.8 Å². The van der Waals surface area contributed by atoms with Gasteiger partial charge >= 0.3 is 0 Å². The molecule has 0 saturated heterocycles. The number of benzene rings is 1. The Morgan fingerprint density at radius 2 is 1.82 bits per heavy atom. The molecule has 0 amide bonds. The summed E-state index contributed by atoms with van der Waals surface area (Å²) in [5.41, 5.74) is 8.06. The van der Waals surface area contributed by atoms with Gasteiger partial charge in [0.2, 0.25) is 0 Å². The maximum absolute atomic E-state index is 9.11.